The van der Waals surface area contributed by atoms with Gasteiger partial charge in [-0.3, -0.25) is 0 Å². The van der Waals surface area contributed by atoms with Gasteiger partial charge < -0.3 is 9.88 Å². The Bertz CT molecular complexity index is 1110. The van der Waals surface area contributed by atoms with Crippen LogP contribution in [0.1, 0.15) is 43.0 Å². The molecular weight excluding hydrogens is 474 g/mol. The molecule has 1 aromatic heterocycles. The summed E-state index contributed by atoms with van der Waals surface area (Å²) >= 11 is 0. The van der Waals surface area contributed by atoms with Crippen molar-refractivity contribution < 1.29 is 34.8 Å². The maximum atomic E-state index is 13.5. The van der Waals surface area contributed by atoms with Crippen LogP contribution in [0.25, 0.3) is 0 Å². The number of hydrogen-bond donors (Lipinski definition) is 1. The minimum absolute atomic E-state index is 0.124. The van der Waals surface area contributed by atoms with Crippen LogP contribution in [-0.4, -0.2) is 40.8 Å². The van der Waals surface area contributed by atoms with E-state index in [9.17, 15) is 34.8 Å². The Morgan fingerprint density at radius 2 is 1.88 bits per heavy atom. The number of halogens is 6. The van der Waals surface area contributed by atoms with E-state index in [2.05, 4.69) is 9.97 Å². The number of benzene rings is 1. The highest BCUT2D eigenvalue weighted by Gasteiger charge is 2.54. The van der Waals surface area contributed by atoms with Crippen molar-refractivity contribution >= 4 is 15.7 Å². The molecule has 0 unspecified atom stereocenters. The summed E-state index contributed by atoms with van der Waals surface area (Å²) in [6.07, 6.45) is 0.347. The molecule has 1 aliphatic carbocycles. The van der Waals surface area contributed by atoms with E-state index in [1.54, 1.807) is 4.90 Å². The second-order valence-corrected chi connectivity index (χ2v) is 10.7. The predicted octanol–water partition coefficient (Wildman–Crippen LogP) is 4.66. The molecule has 0 spiro atoms. The van der Waals surface area contributed by atoms with Crippen LogP contribution in [0.2, 0.25) is 0 Å². The molecule has 1 aromatic carbocycles. The summed E-state index contributed by atoms with van der Waals surface area (Å²) in [5.74, 6) is 0. The van der Waals surface area contributed by atoms with E-state index in [1.807, 2.05) is 6.92 Å². The second kappa shape index (κ2) is 7.90. The summed E-state index contributed by atoms with van der Waals surface area (Å²) in [6.45, 7) is 0.683. The largest absolute Gasteiger partial charge is 0.511 e. The van der Waals surface area contributed by atoms with Gasteiger partial charge in [0.2, 0.25) is 0 Å². The first-order chi connectivity index (χ1) is 15.2. The van der Waals surface area contributed by atoms with Gasteiger partial charge in [-0.15, -0.1) is 0 Å². The molecule has 0 radical (unpaired) electrons. The third-order valence-corrected chi connectivity index (χ3v) is 8.19. The number of imidazole rings is 1. The van der Waals surface area contributed by atoms with Gasteiger partial charge >= 0.3 is 21.7 Å². The van der Waals surface area contributed by atoms with Crippen molar-refractivity contribution in [2.24, 2.45) is 5.41 Å². The Labute approximate surface area is 186 Å². The first kappa shape index (κ1) is 23.9. The van der Waals surface area contributed by atoms with E-state index in [0.29, 0.717) is 18.5 Å². The molecule has 13 heteroatoms. The Morgan fingerprint density at radius 1 is 1.18 bits per heavy atom. The van der Waals surface area contributed by atoms with Crippen LogP contribution in [0.3, 0.4) is 0 Å². The van der Waals surface area contributed by atoms with Gasteiger partial charge in [0, 0.05) is 31.0 Å². The van der Waals surface area contributed by atoms with Crippen LogP contribution < -0.4 is 4.90 Å². The molecule has 4 rings (SSSR count). The lowest BCUT2D eigenvalue weighted by Gasteiger charge is -2.50. The Kier molecular flexibility index (Phi) is 5.71. The van der Waals surface area contributed by atoms with Crippen molar-refractivity contribution in [3.63, 3.8) is 0 Å². The third-order valence-electron chi connectivity index (χ3n) is 6.64. The molecule has 1 atom stereocenters. The predicted molar refractivity (Wildman–Crippen MR) is 107 cm³/mol. The number of rotatable bonds is 4. The standard InChI is InChI=1S/C20H22F6N4O2S/c1-18(5-2-6-18)17-11-29(33(31,32)20(24,25)26)9-13-7-14(19(21,22)23)3-4-16(13)30(17)10-15-8-27-12-28-15/h3-4,7-8,12,17H,2,5-6,9-11H2,1H3,(H,27,28)/t17-/m1/s1. The van der Waals surface area contributed by atoms with Crippen LogP contribution in [0.15, 0.2) is 30.7 Å². The minimum Gasteiger partial charge on any atom is -0.361 e. The number of H-pyrrole nitrogens is 1. The summed E-state index contributed by atoms with van der Waals surface area (Å²) in [5, 5.41) is 0. The number of nitrogens with one attached hydrogen (secondary N) is 1. The maximum Gasteiger partial charge on any atom is 0.511 e. The highest BCUT2D eigenvalue weighted by Crippen LogP contribution is 2.49. The molecule has 6 nitrogen and oxygen atoms in total. The van der Waals surface area contributed by atoms with Gasteiger partial charge in [0.05, 0.1) is 24.1 Å². The lowest BCUT2D eigenvalue weighted by molar-refractivity contribution is -0.137. The molecule has 0 bridgehead atoms. The highest BCUT2D eigenvalue weighted by molar-refractivity contribution is 7.89. The van der Waals surface area contributed by atoms with E-state index < -0.39 is 51.8 Å². The van der Waals surface area contributed by atoms with Crippen LogP contribution in [0.4, 0.5) is 32.0 Å². The van der Waals surface area contributed by atoms with E-state index in [-0.39, 0.29) is 22.1 Å². The fraction of sp³-hybridized carbons (Fsp3) is 0.550. The SMILES string of the molecule is CC1([C@H]2CN(S(=O)(=O)C(F)(F)F)Cc3cc(C(F)(F)F)ccc3N2Cc2cnc[nH]2)CCC1. The van der Waals surface area contributed by atoms with E-state index in [1.165, 1.54) is 18.6 Å². The molecule has 33 heavy (non-hydrogen) atoms. The number of anilines is 1. The highest BCUT2D eigenvalue weighted by atomic mass is 32.2. The first-order valence-corrected chi connectivity index (χ1v) is 11.7. The monoisotopic (exact) mass is 496 g/mol. The average Bonchev–Trinajstić information content (AvgIpc) is 3.13. The number of aromatic amines is 1. The van der Waals surface area contributed by atoms with Crippen LogP contribution in [0.5, 0.6) is 0 Å². The topological polar surface area (TPSA) is 69.3 Å². The summed E-state index contributed by atoms with van der Waals surface area (Å²) in [7, 11) is -5.77. The molecule has 2 heterocycles. The third kappa shape index (κ3) is 4.32. The number of nitrogens with zero attached hydrogens (tertiary/aromatic N) is 3. The van der Waals surface area contributed by atoms with Crippen molar-refractivity contribution in [1.82, 2.24) is 14.3 Å². The summed E-state index contributed by atoms with van der Waals surface area (Å²) in [5.41, 5.74) is -6.40. The van der Waals surface area contributed by atoms with E-state index >= 15 is 0 Å². The first-order valence-electron chi connectivity index (χ1n) is 10.2. The van der Waals surface area contributed by atoms with Crippen LogP contribution >= 0.6 is 0 Å². The summed E-state index contributed by atoms with van der Waals surface area (Å²) < 4.78 is 106. The van der Waals surface area contributed by atoms with Gasteiger partial charge in [-0.2, -0.15) is 30.6 Å². The molecule has 0 amide bonds. The molecule has 1 aliphatic heterocycles. The van der Waals surface area contributed by atoms with Crippen LogP contribution in [0, 0.1) is 5.41 Å². The van der Waals surface area contributed by atoms with Gasteiger partial charge in [0.1, 0.15) is 0 Å². The molecular formula is C20H22F6N4O2S. The van der Waals surface area contributed by atoms with E-state index in [0.717, 1.165) is 18.6 Å². The molecule has 182 valence electrons. The Hall–Kier alpha value is -2.28. The lowest BCUT2D eigenvalue weighted by Crippen LogP contribution is -2.55. The quantitative estimate of drug-likeness (QED) is 0.626. The van der Waals surface area contributed by atoms with Crippen molar-refractivity contribution in [2.45, 2.75) is 57.0 Å². The van der Waals surface area contributed by atoms with Crippen LogP contribution in [-0.2, 0) is 29.3 Å². The Morgan fingerprint density at radius 3 is 2.39 bits per heavy atom. The molecule has 1 fully saturated rings. The fourth-order valence-electron chi connectivity index (χ4n) is 4.63. The number of fused-ring (bicyclic) bond motifs is 1. The van der Waals surface area contributed by atoms with Crippen molar-refractivity contribution in [3.8, 4) is 0 Å². The van der Waals surface area contributed by atoms with Gasteiger partial charge in [-0.25, -0.2) is 13.4 Å². The smallest absolute Gasteiger partial charge is 0.361 e. The number of sulfonamides is 1. The molecule has 2 aliphatic rings. The van der Waals surface area contributed by atoms with Crippen molar-refractivity contribution in [3.05, 3.63) is 47.5 Å². The summed E-state index contributed by atoms with van der Waals surface area (Å²) in [6, 6.07) is 2.13. The Balaban J connectivity index is 1.89. The van der Waals surface area contributed by atoms with Gasteiger partial charge in [-0.05, 0) is 42.0 Å². The fourth-order valence-corrected chi connectivity index (χ4v) is 5.57. The zero-order valence-corrected chi connectivity index (χ0v) is 18.4. The molecule has 1 N–H and O–H groups in total. The van der Waals surface area contributed by atoms with Gasteiger partial charge in [-0.1, -0.05) is 13.3 Å². The zero-order valence-electron chi connectivity index (χ0n) is 17.5. The second-order valence-electron chi connectivity index (χ2n) is 8.81. The number of hydrogen-bond acceptors (Lipinski definition) is 4. The normalized spacial score (nSPS) is 21.9. The van der Waals surface area contributed by atoms with Crippen molar-refractivity contribution in [1.29, 1.82) is 0 Å². The van der Waals surface area contributed by atoms with Gasteiger partial charge in [0.25, 0.3) is 0 Å². The maximum absolute atomic E-state index is 13.5. The van der Waals surface area contributed by atoms with Crippen molar-refractivity contribution in [2.75, 3.05) is 11.4 Å². The molecule has 2 aromatic rings. The minimum atomic E-state index is -5.77. The van der Waals surface area contributed by atoms with Gasteiger partial charge in [0.15, 0.2) is 0 Å². The summed E-state index contributed by atoms with van der Waals surface area (Å²) in [4.78, 5) is 8.55. The molecule has 1 saturated carbocycles. The number of aromatic nitrogens is 2. The lowest BCUT2D eigenvalue weighted by atomic mass is 9.65. The molecule has 0 saturated heterocycles. The zero-order chi connectivity index (χ0) is 24.2. The number of alkyl halides is 6. The average molecular weight is 496 g/mol. The van der Waals surface area contributed by atoms with E-state index in [4.69, 9.17) is 0 Å².